The van der Waals surface area contributed by atoms with Crippen LogP contribution >= 0.6 is 0 Å². The van der Waals surface area contributed by atoms with E-state index in [0.717, 1.165) is 5.57 Å². The van der Waals surface area contributed by atoms with Gasteiger partial charge in [-0.3, -0.25) is 24.4 Å². The van der Waals surface area contributed by atoms with Crippen LogP contribution in [0.4, 0.5) is 0 Å². The van der Waals surface area contributed by atoms with Crippen LogP contribution in [0.2, 0.25) is 0 Å². The Bertz CT molecular complexity index is 1220. The third-order valence-electron chi connectivity index (χ3n) is 7.16. The van der Waals surface area contributed by atoms with Crippen molar-refractivity contribution < 1.29 is 34.2 Å². The van der Waals surface area contributed by atoms with E-state index in [4.69, 9.17) is 4.74 Å². The van der Waals surface area contributed by atoms with Gasteiger partial charge in [-0.2, -0.15) is 5.06 Å². The van der Waals surface area contributed by atoms with Crippen molar-refractivity contribution in [2.24, 2.45) is 17.8 Å². The number of phenols is 1. The summed E-state index contributed by atoms with van der Waals surface area (Å²) in [6, 6.07) is 4.80. The van der Waals surface area contributed by atoms with Crippen LogP contribution in [0.5, 0.6) is 11.5 Å². The molecule has 8 nitrogen and oxygen atoms in total. The number of hydrogen-bond acceptors (Lipinski definition) is 7. The van der Waals surface area contributed by atoms with E-state index in [-0.39, 0.29) is 41.0 Å². The van der Waals surface area contributed by atoms with Crippen molar-refractivity contribution in [2.45, 2.75) is 32.6 Å². The summed E-state index contributed by atoms with van der Waals surface area (Å²) in [6.45, 7) is 3.70. The van der Waals surface area contributed by atoms with Gasteiger partial charge in [-0.05, 0) is 56.4 Å². The van der Waals surface area contributed by atoms with Crippen LogP contribution in [0.25, 0.3) is 0 Å². The molecule has 1 saturated heterocycles. The molecule has 1 fully saturated rings. The Labute approximate surface area is 189 Å². The molecule has 3 aliphatic carbocycles. The number of amides is 2. The smallest absolute Gasteiger partial charge is 0.257 e. The SMILES string of the molecule is CCOc1cc([C@H]2C3=CC[C@@H]4C(=O)N(O)C(=O)[C@@H]4[C@@H]3CC3=C2C(=O)C=C(C)C3=O)ccc1O. The number of carbonyl (C=O) groups is 4. The van der Waals surface area contributed by atoms with E-state index in [2.05, 4.69) is 0 Å². The van der Waals surface area contributed by atoms with Crippen LogP contribution in [0.1, 0.15) is 38.2 Å². The summed E-state index contributed by atoms with van der Waals surface area (Å²) in [5.74, 6) is -4.25. The highest BCUT2D eigenvalue weighted by atomic mass is 16.5. The molecule has 5 rings (SSSR count). The average Bonchev–Trinajstić information content (AvgIpc) is 3.02. The second-order valence-electron chi connectivity index (χ2n) is 8.88. The predicted molar refractivity (Wildman–Crippen MR) is 114 cm³/mol. The Balaban J connectivity index is 1.71. The lowest BCUT2D eigenvalue weighted by Crippen LogP contribution is -2.39. The molecule has 0 saturated carbocycles. The summed E-state index contributed by atoms with van der Waals surface area (Å²) in [5, 5.41) is 20.4. The number of hydrogen-bond donors (Lipinski definition) is 2. The zero-order valence-electron chi connectivity index (χ0n) is 18.2. The molecule has 4 aliphatic rings. The average molecular weight is 449 g/mol. The number of nitrogens with zero attached hydrogens (tertiary/aromatic N) is 1. The fourth-order valence-electron chi connectivity index (χ4n) is 5.73. The molecule has 0 radical (unpaired) electrons. The lowest BCUT2D eigenvalue weighted by atomic mass is 9.59. The van der Waals surface area contributed by atoms with E-state index >= 15 is 0 Å². The molecule has 1 aromatic carbocycles. The minimum atomic E-state index is -0.795. The van der Waals surface area contributed by atoms with Gasteiger partial charge in [0, 0.05) is 22.6 Å². The van der Waals surface area contributed by atoms with Crippen LogP contribution in [0.3, 0.4) is 0 Å². The fraction of sp³-hybridized carbons (Fsp3) is 0.360. The van der Waals surface area contributed by atoms with Crippen LogP contribution in [0.15, 0.2) is 52.6 Å². The number of Topliss-reactive ketones (excluding diaryl/α,β-unsaturated/α-hetero) is 1. The Kier molecular flexibility index (Phi) is 4.86. The molecule has 0 bridgehead atoms. The minimum Gasteiger partial charge on any atom is -0.504 e. The van der Waals surface area contributed by atoms with Crippen LogP contribution in [-0.4, -0.2) is 45.4 Å². The minimum absolute atomic E-state index is 0.0471. The predicted octanol–water partition coefficient (Wildman–Crippen LogP) is 2.61. The van der Waals surface area contributed by atoms with Gasteiger partial charge in [0.1, 0.15) is 0 Å². The first-order valence-corrected chi connectivity index (χ1v) is 11.0. The molecular formula is C25H23NO7. The second-order valence-corrected chi connectivity index (χ2v) is 8.88. The van der Waals surface area contributed by atoms with Gasteiger partial charge in [-0.15, -0.1) is 0 Å². The standard InChI is InChI=1S/C25H23NO7/c1-3-33-19-9-12(4-7-17(19)27)20-13-5-6-14-21(25(31)26(32)24(14)30)15(13)10-16-22(20)18(28)8-11(2)23(16)29/h4-5,7-9,14-15,20-21,27,32H,3,6,10H2,1-2H3/t14-,15+,20-,21-/m0/s1. The summed E-state index contributed by atoms with van der Waals surface area (Å²) >= 11 is 0. The van der Waals surface area contributed by atoms with Crippen LogP contribution in [-0.2, 0) is 19.2 Å². The highest BCUT2D eigenvalue weighted by molar-refractivity contribution is 6.23. The van der Waals surface area contributed by atoms with Crippen molar-refractivity contribution in [1.29, 1.82) is 0 Å². The molecule has 2 N–H and O–H groups in total. The highest BCUT2D eigenvalue weighted by Gasteiger charge is 2.56. The van der Waals surface area contributed by atoms with Gasteiger partial charge in [0.2, 0.25) is 0 Å². The molecule has 1 aromatic rings. The molecular weight excluding hydrogens is 426 g/mol. The van der Waals surface area contributed by atoms with Crippen molar-refractivity contribution in [3.05, 3.63) is 58.2 Å². The van der Waals surface area contributed by atoms with E-state index < -0.39 is 35.5 Å². The number of rotatable bonds is 3. The number of ketones is 2. The number of fused-ring (bicyclic) bond motifs is 3. The van der Waals surface area contributed by atoms with Crippen molar-refractivity contribution in [3.63, 3.8) is 0 Å². The topological polar surface area (TPSA) is 121 Å². The normalized spacial score (nSPS) is 28.9. The highest BCUT2D eigenvalue weighted by Crippen LogP contribution is 2.55. The monoisotopic (exact) mass is 449 g/mol. The molecule has 33 heavy (non-hydrogen) atoms. The van der Waals surface area contributed by atoms with Crippen molar-refractivity contribution >= 4 is 23.4 Å². The van der Waals surface area contributed by atoms with Crippen molar-refractivity contribution in [2.75, 3.05) is 6.61 Å². The lowest BCUT2D eigenvalue weighted by Gasteiger charge is -2.42. The molecule has 170 valence electrons. The maximum atomic E-state index is 13.2. The number of imide groups is 1. The third kappa shape index (κ3) is 3.01. The zero-order chi connectivity index (χ0) is 23.6. The largest absolute Gasteiger partial charge is 0.504 e. The van der Waals surface area contributed by atoms with E-state index in [9.17, 15) is 29.5 Å². The molecule has 1 heterocycles. The Hall–Kier alpha value is -3.52. The van der Waals surface area contributed by atoms with Gasteiger partial charge >= 0.3 is 0 Å². The van der Waals surface area contributed by atoms with E-state index in [1.807, 2.05) is 6.08 Å². The van der Waals surface area contributed by atoms with Crippen LogP contribution < -0.4 is 4.74 Å². The third-order valence-corrected chi connectivity index (χ3v) is 7.16. The Morgan fingerprint density at radius 3 is 2.61 bits per heavy atom. The number of ether oxygens (including phenoxy) is 1. The van der Waals surface area contributed by atoms with Gasteiger partial charge in [0.15, 0.2) is 23.1 Å². The summed E-state index contributed by atoms with van der Waals surface area (Å²) in [6.07, 6.45) is 3.60. The summed E-state index contributed by atoms with van der Waals surface area (Å²) in [7, 11) is 0. The second kappa shape index (κ2) is 7.52. The number of aromatic hydroxyl groups is 1. The number of carbonyl (C=O) groups excluding carboxylic acids is 4. The number of phenolic OH excluding ortho intramolecular Hbond substituents is 1. The summed E-state index contributed by atoms with van der Waals surface area (Å²) in [4.78, 5) is 51.5. The molecule has 2 amide bonds. The number of allylic oxidation sites excluding steroid dienone is 6. The maximum absolute atomic E-state index is 13.2. The van der Waals surface area contributed by atoms with Crippen LogP contribution in [0, 0.1) is 17.8 Å². The van der Waals surface area contributed by atoms with E-state index in [0.29, 0.717) is 28.9 Å². The van der Waals surface area contributed by atoms with Crippen molar-refractivity contribution in [3.8, 4) is 11.5 Å². The van der Waals surface area contributed by atoms with Gasteiger partial charge in [-0.1, -0.05) is 17.7 Å². The molecule has 0 aromatic heterocycles. The first kappa shape index (κ1) is 21.3. The quantitative estimate of drug-likeness (QED) is 0.315. The van der Waals surface area contributed by atoms with Gasteiger partial charge in [0.25, 0.3) is 11.8 Å². The maximum Gasteiger partial charge on any atom is 0.257 e. The summed E-state index contributed by atoms with van der Waals surface area (Å²) < 4.78 is 5.53. The van der Waals surface area contributed by atoms with E-state index in [1.165, 1.54) is 12.1 Å². The van der Waals surface area contributed by atoms with Crippen molar-refractivity contribution in [1.82, 2.24) is 5.06 Å². The molecule has 8 heteroatoms. The number of benzene rings is 1. The molecule has 4 atom stereocenters. The summed E-state index contributed by atoms with van der Waals surface area (Å²) in [5.41, 5.74) is 2.45. The van der Waals surface area contributed by atoms with E-state index in [1.54, 1.807) is 26.0 Å². The zero-order valence-corrected chi connectivity index (χ0v) is 18.2. The van der Waals surface area contributed by atoms with Gasteiger partial charge in [-0.25, -0.2) is 0 Å². The first-order valence-electron chi connectivity index (χ1n) is 11.0. The fourth-order valence-corrected chi connectivity index (χ4v) is 5.73. The van der Waals surface area contributed by atoms with Gasteiger partial charge in [0.05, 0.1) is 18.4 Å². The molecule has 0 spiro atoms. The molecule has 0 unspecified atom stereocenters. The number of hydroxylamine groups is 2. The lowest BCUT2D eigenvalue weighted by molar-refractivity contribution is -0.173. The van der Waals surface area contributed by atoms with Gasteiger partial charge < -0.3 is 9.84 Å². The Morgan fingerprint density at radius 2 is 1.88 bits per heavy atom. The Morgan fingerprint density at radius 1 is 1.12 bits per heavy atom. The molecule has 1 aliphatic heterocycles. The first-order chi connectivity index (χ1) is 15.7.